The molecule has 0 atom stereocenters. The number of amides is 1. The zero-order valence-electron chi connectivity index (χ0n) is 12.6. The van der Waals surface area contributed by atoms with Gasteiger partial charge in [0.2, 0.25) is 0 Å². The Labute approximate surface area is 129 Å². The van der Waals surface area contributed by atoms with Crippen LogP contribution in [-0.2, 0) is 14.3 Å². The van der Waals surface area contributed by atoms with Crippen LogP contribution < -0.4 is 5.32 Å². The van der Waals surface area contributed by atoms with E-state index in [0.29, 0.717) is 0 Å². The minimum Gasteiger partial charge on any atom is -0.452 e. The molecule has 0 aliphatic heterocycles. The van der Waals surface area contributed by atoms with E-state index in [-0.39, 0.29) is 18.6 Å². The summed E-state index contributed by atoms with van der Waals surface area (Å²) >= 11 is 0. The van der Waals surface area contributed by atoms with Gasteiger partial charge in [-0.05, 0) is 26.0 Å². The quantitative estimate of drug-likeness (QED) is 0.679. The summed E-state index contributed by atoms with van der Waals surface area (Å²) in [4.78, 5) is 27.3. The lowest BCUT2D eigenvalue weighted by atomic mass is 10.1. The van der Waals surface area contributed by atoms with Crippen molar-refractivity contribution >= 4 is 28.9 Å². The summed E-state index contributed by atoms with van der Waals surface area (Å²) in [6.07, 6.45) is 4.64. The van der Waals surface area contributed by atoms with Gasteiger partial charge >= 0.3 is 5.97 Å². The van der Waals surface area contributed by atoms with Crippen molar-refractivity contribution < 1.29 is 14.3 Å². The largest absolute Gasteiger partial charge is 0.452 e. The van der Waals surface area contributed by atoms with Crippen molar-refractivity contribution in [3.63, 3.8) is 0 Å². The average molecular weight is 298 g/mol. The number of aromatic nitrogens is 1. The average Bonchev–Trinajstić information content (AvgIpc) is 2.50. The number of benzene rings is 1. The van der Waals surface area contributed by atoms with E-state index in [1.54, 1.807) is 12.3 Å². The van der Waals surface area contributed by atoms with Gasteiger partial charge in [0.15, 0.2) is 6.61 Å². The highest BCUT2D eigenvalue weighted by Gasteiger charge is 2.06. The van der Waals surface area contributed by atoms with Crippen LogP contribution in [0.4, 0.5) is 0 Å². The van der Waals surface area contributed by atoms with E-state index in [1.165, 1.54) is 6.08 Å². The number of pyridine rings is 1. The summed E-state index contributed by atoms with van der Waals surface area (Å²) < 4.78 is 4.88. The Kier molecular flexibility index (Phi) is 5.25. The molecular weight excluding hydrogens is 280 g/mol. The molecular formula is C17H18N2O3. The Morgan fingerprint density at radius 2 is 2.05 bits per heavy atom. The highest BCUT2D eigenvalue weighted by Crippen LogP contribution is 2.17. The molecule has 1 N–H and O–H groups in total. The number of esters is 1. The maximum absolute atomic E-state index is 11.6. The number of para-hydroxylation sites is 1. The second-order valence-corrected chi connectivity index (χ2v) is 5.09. The third kappa shape index (κ3) is 4.41. The first-order valence-electron chi connectivity index (χ1n) is 7.04. The van der Waals surface area contributed by atoms with Gasteiger partial charge in [0.05, 0.1) is 5.52 Å². The topological polar surface area (TPSA) is 68.3 Å². The zero-order chi connectivity index (χ0) is 15.9. The van der Waals surface area contributed by atoms with Crippen molar-refractivity contribution in [1.29, 1.82) is 0 Å². The number of hydrogen-bond acceptors (Lipinski definition) is 4. The molecule has 1 aromatic carbocycles. The van der Waals surface area contributed by atoms with E-state index in [4.69, 9.17) is 4.74 Å². The van der Waals surface area contributed by atoms with Crippen LogP contribution in [0.3, 0.4) is 0 Å². The number of hydrogen-bond donors (Lipinski definition) is 1. The minimum absolute atomic E-state index is 0.0171. The lowest BCUT2D eigenvalue weighted by molar-refractivity contribution is -0.143. The third-order valence-corrected chi connectivity index (χ3v) is 2.86. The van der Waals surface area contributed by atoms with Crippen molar-refractivity contribution in [2.75, 3.05) is 6.61 Å². The van der Waals surface area contributed by atoms with Crippen LogP contribution >= 0.6 is 0 Å². The van der Waals surface area contributed by atoms with E-state index in [2.05, 4.69) is 10.3 Å². The number of fused-ring (bicyclic) bond motifs is 1. The zero-order valence-corrected chi connectivity index (χ0v) is 12.6. The molecule has 0 fully saturated rings. The van der Waals surface area contributed by atoms with Crippen molar-refractivity contribution in [2.24, 2.45) is 0 Å². The number of nitrogens with one attached hydrogen (secondary N) is 1. The van der Waals surface area contributed by atoms with Gasteiger partial charge in [-0.1, -0.05) is 24.3 Å². The van der Waals surface area contributed by atoms with Crippen molar-refractivity contribution in [3.05, 3.63) is 48.2 Å². The summed E-state index contributed by atoms with van der Waals surface area (Å²) in [6, 6.07) is 9.54. The Hall–Kier alpha value is -2.69. The molecule has 0 unspecified atom stereocenters. The summed E-state index contributed by atoms with van der Waals surface area (Å²) in [5, 5.41) is 3.64. The first-order chi connectivity index (χ1) is 10.6. The van der Waals surface area contributed by atoms with Crippen LogP contribution in [0.5, 0.6) is 0 Å². The monoisotopic (exact) mass is 298 g/mol. The summed E-state index contributed by atoms with van der Waals surface area (Å²) in [5.74, 6) is -0.879. The van der Waals surface area contributed by atoms with Crippen molar-refractivity contribution in [1.82, 2.24) is 10.3 Å². The van der Waals surface area contributed by atoms with Gasteiger partial charge in [-0.25, -0.2) is 4.79 Å². The Morgan fingerprint density at radius 1 is 1.27 bits per heavy atom. The lowest BCUT2D eigenvalue weighted by Gasteiger charge is -2.07. The van der Waals surface area contributed by atoms with Gasteiger partial charge < -0.3 is 10.1 Å². The lowest BCUT2D eigenvalue weighted by Crippen LogP contribution is -2.33. The first-order valence-corrected chi connectivity index (χ1v) is 7.04. The van der Waals surface area contributed by atoms with Gasteiger partial charge in [0, 0.05) is 29.3 Å². The third-order valence-electron chi connectivity index (χ3n) is 2.86. The second kappa shape index (κ2) is 7.36. The van der Waals surface area contributed by atoms with Crippen LogP contribution in [-0.4, -0.2) is 29.5 Å². The number of carbonyl (C=O) groups excluding carboxylic acids is 2. The molecule has 0 radical (unpaired) electrons. The minimum atomic E-state index is -0.563. The standard InChI is InChI=1S/C17H18N2O3/c1-12(2)19-15(20)11-22-16(21)9-8-14-6-3-5-13-7-4-10-18-17(13)14/h3-10,12H,11H2,1-2H3,(H,19,20)/b9-8+. The predicted octanol–water partition coefficient (Wildman–Crippen LogP) is 2.32. The number of carbonyl (C=O) groups is 2. The fourth-order valence-corrected chi connectivity index (χ4v) is 1.97. The first kappa shape index (κ1) is 15.7. The molecule has 0 spiro atoms. The maximum atomic E-state index is 11.6. The molecule has 2 rings (SSSR count). The normalized spacial score (nSPS) is 11.0. The molecule has 0 saturated heterocycles. The SMILES string of the molecule is CC(C)NC(=O)COC(=O)/C=C/c1cccc2cccnc12. The highest BCUT2D eigenvalue weighted by molar-refractivity contribution is 5.93. The van der Waals surface area contributed by atoms with Gasteiger partial charge in [0.25, 0.3) is 5.91 Å². The molecule has 22 heavy (non-hydrogen) atoms. The Balaban J connectivity index is 1.99. The fourth-order valence-electron chi connectivity index (χ4n) is 1.97. The fraction of sp³-hybridized carbons (Fsp3) is 0.235. The molecule has 5 nitrogen and oxygen atoms in total. The van der Waals surface area contributed by atoms with Gasteiger partial charge in [-0.15, -0.1) is 0 Å². The smallest absolute Gasteiger partial charge is 0.331 e. The van der Waals surface area contributed by atoms with Crippen LogP contribution in [0.2, 0.25) is 0 Å². The van der Waals surface area contributed by atoms with Crippen LogP contribution in [0.15, 0.2) is 42.6 Å². The van der Waals surface area contributed by atoms with Gasteiger partial charge in [-0.3, -0.25) is 9.78 Å². The maximum Gasteiger partial charge on any atom is 0.331 e. The second-order valence-electron chi connectivity index (χ2n) is 5.09. The Morgan fingerprint density at radius 3 is 2.82 bits per heavy atom. The molecule has 2 aromatic rings. The van der Waals surface area contributed by atoms with Crippen LogP contribution in [0, 0.1) is 0 Å². The van der Waals surface area contributed by atoms with E-state index in [9.17, 15) is 9.59 Å². The van der Waals surface area contributed by atoms with Crippen molar-refractivity contribution in [3.8, 4) is 0 Å². The molecule has 114 valence electrons. The molecule has 1 amide bonds. The van der Waals surface area contributed by atoms with Gasteiger partial charge in [0.1, 0.15) is 0 Å². The number of rotatable bonds is 5. The van der Waals surface area contributed by atoms with E-state index < -0.39 is 5.97 Å². The molecule has 1 heterocycles. The summed E-state index contributed by atoms with van der Waals surface area (Å²) in [7, 11) is 0. The summed E-state index contributed by atoms with van der Waals surface area (Å²) in [6.45, 7) is 3.40. The summed E-state index contributed by atoms with van der Waals surface area (Å²) in [5.41, 5.74) is 1.63. The van der Waals surface area contributed by atoms with Crippen LogP contribution in [0.1, 0.15) is 19.4 Å². The van der Waals surface area contributed by atoms with E-state index >= 15 is 0 Å². The molecule has 0 aliphatic carbocycles. The van der Waals surface area contributed by atoms with E-state index in [1.807, 2.05) is 44.2 Å². The molecule has 5 heteroatoms. The highest BCUT2D eigenvalue weighted by atomic mass is 16.5. The van der Waals surface area contributed by atoms with Gasteiger partial charge in [-0.2, -0.15) is 0 Å². The number of ether oxygens (including phenoxy) is 1. The Bertz CT molecular complexity index is 703. The van der Waals surface area contributed by atoms with Crippen molar-refractivity contribution in [2.45, 2.75) is 19.9 Å². The molecule has 1 aromatic heterocycles. The molecule has 0 bridgehead atoms. The molecule has 0 aliphatic rings. The van der Waals surface area contributed by atoms with Crippen LogP contribution in [0.25, 0.3) is 17.0 Å². The van der Waals surface area contributed by atoms with E-state index in [0.717, 1.165) is 16.5 Å². The number of nitrogens with zero attached hydrogens (tertiary/aromatic N) is 1. The predicted molar refractivity (Wildman–Crippen MR) is 85.0 cm³/mol. The molecule has 0 saturated carbocycles.